The number of benzene rings is 1. The van der Waals surface area contributed by atoms with Crippen molar-refractivity contribution in [2.75, 3.05) is 5.32 Å². The number of amides is 1. The molecule has 0 saturated carbocycles. The molecule has 8 heteroatoms. The van der Waals surface area contributed by atoms with Crippen LogP contribution < -0.4 is 5.32 Å². The Morgan fingerprint density at radius 2 is 2.04 bits per heavy atom. The number of tetrazole rings is 1. The van der Waals surface area contributed by atoms with Crippen LogP contribution in [-0.2, 0) is 4.79 Å². The number of carbonyl (C=O) groups is 2. The molecule has 0 aliphatic carbocycles. The molecule has 3 rings (SSSR count). The fraction of sp³-hybridized carbons (Fsp3) is 0.235. The first kappa shape index (κ1) is 17.0. The first-order chi connectivity index (χ1) is 12.0. The van der Waals surface area contributed by atoms with Gasteiger partial charge in [0, 0.05) is 33.8 Å². The molecule has 2 aromatic heterocycles. The van der Waals surface area contributed by atoms with Crippen LogP contribution in [0.25, 0.3) is 5.69 Å². The largest absolute Gasteiger partial charge is 0.326 e. The predicted octanol–water partition coefficient (Wildman–Crippen LogP) is 2.94. The van der Waals surface area contributed by atoms with Gasteiger partial charge in [0.1, 0.15) is 6.33 Å². The van der Waals surface area contributed by atoms with Gasteiger partial charge in [-0.15, -0.1) is 16.4 Å². The van der Waals surface area contributed by atoms with Crippen LogP contribution in [0.5, 0.6) is 0 Å². The van der Waals surface area contributed by atoms with Gasteiger partial charge in [-0.2, -0.15) is 0 Å². The fourth-order valence-corrected chi connectivity index (χ4v) is 3.44. The lowest BCUT2D eigenvalue weighted by atomic mass is 10.1. The summed E-state index contributed by atoms with van der Waals surface area (Å²) in [6, 6.07) is 9.06. The Bertz CT molecular complexity index is 902. The second-order valence-electron chi connectivity index (χ2n) is 5.60. The molecule has 7 nitrogen and oxygen atoms in total. The highest BCUT2D eigenvalue weighted by Crippen LogP contribution is 2.22. The average molecular weight is 355 g/mol. The normalized spacial score (nSPS) is 10.6. The smallest absolute Gasteiger partial charge is 0.224 e. The molecule has 0 radical (unpaired) electrons. The van der Waals surface area contributed by atoms with Crippen LogP contribution in [0.15, 0.2) is 36.7 Å². The highest BCUT2D eigenvalue weighted by Gasteiger charge is 2.14. The summed E-state index contributed by atoms with van der Waals surface area (Å²) >= 11 is 1.59. The Labute approximate surface area is 148 Å². The van der Waals surface area contributed by atoms with Gasteiger partial charge in [-0.05, 0) is 48.5 Å². The van der Waals surface area contributed by atoms with Crippen molar-refractivity contribution >= 4 is 28.7 Å². The Morgan fingerprint density at radius 3 is 2.72 bits per heavy atom. The van der Waals surface area contributed by atoms with Crippen molar-refractivity contribution in [3.8, 4) is 5.69 Å². The van der Waals surface area contributed by atoms with Gasteiger partial charge in [-0.25, -0.2) is 4.68 Å². The lowest BCUT2D eigenvalue weighted by Crippen LogP contribution is -2.13. The van der Waals surface area contributed by atoms with Gasteiger partial charge < -0.3 is 5.32 Å². The van der Waals surface area contributed by atoms with Gasteiger partial charge in [0.15, 0.2) is 5.78 Å². The van der Waals surface area contributed by atoms with E-state index in [9.17, 15) is 9.59 Å². The van der Waals surface area contributed by atoms with Gasteiger partial charge in [0.2, 0.25) is 5.91 Å². The Morgan fingerprint density at radius 1 is 1.20 bits per heavy atom. The Kier molecular flexibility index (Phi) is 4.99. The van der Waals surface area contributed by atoms with Crippen LogP contribution in [0, 0.1) is 13.8 Å². The minimum absolute atomic E-state index is 0.000518. The number of hydrogen-bond donors (Lipinski definition) is 1. The molecule has 0 fully saturated rings. The molecule has 128 valence electrons. The standard InChI is InChI=1S/C17H17N5O2S/c1-11-8-15(12(2)25-11)16(23)6-7-17(24)19-13-4-3-5-14(9-13)22-10-18-20-21-22/h3-5,8-10H,6-7H2,1-2H3,(H,19,24). The van der Waals surface area contributed by atoms with Gasteiger partial charge in [-0.3, -0.25) is 9.59 Å². The van der Waals surface area contributed by atoms with Crippen LogP contribution in [0.3, 0.4) is 0 Å². The van der Waals surface area contributed by atoms with Gasteiger partial charge in [0.25, 0.3) is 0 Å². The lowest BCUT2D eigenvalue weighted by Gasteiger charge is -2.07. The summed E-state index contributed by atoms with van der Waals surface area (Å²) in [5.41, 5.74) is 2.09. The lowest BCUT2D eigenvalue weighted by molar-refractivity contribution is -0.116. The second kappa shape index (κ2) is 7.35. The van der Waals surface area contributed by atoms with Crippen molar-refractivity contribution in [1.29, 1.82) is 0 Å². The SMILES string of the molecule is Cc1cc(C(=O)CCC(=O)Nc2cccc(-n3cnnn3)c2)c(C)s1. The maximum atomic E-state index is 12.2. The third kappa shape index (κ3) is 4.16. The average Bonchev–Trinajstić information content (AvgIpc) is 3.22. The number of anilines is 1. The third-order valence-electron chi connectivity index (χ3n) is 3.66. The first-order valence-electron chi connectivity index (χ1n) is 7.76. The van der Waals surface area contributed by atoms with Gasteiger partial charge in [0.05, 0.1) is 5.69 Å². The molecule has 3 aromatic rings. The van der Waals surface area contributed by atoms with Crippen molar-refractivity contribution in [2.24, 2.45) is 0 Å². The molecule has 1 amide bonds. The topological polar surface area (TPSA) is 89.8 Å². The number of hydrogen-bond acceptors (Lipinski definition) is 6. The van der Waals surface area contributed by atoms with E-state index in [1.807, 2.05) is 26.0 Å². The van der Waals surface area contributed by atoms with Crippen molar-refractivity contribution in [3.05, 3.63) is 52.0 Å². The number of nitrogens with one attached hydrogen (secondary N) is 1. The van der Waals surface area contributed by atoms with E-state index >= 15 is 0 Å². The third-order valence-corrected chi connectivity index (χ3v) is 4.63. The molecule has 1 aromatic carbocycles. The number of thiophene rings is 1. The number of carbonyl (C=O) groups excluding carboxylic acids is 2. The second-order valence-corrected chi connectivity index (χ2v) is 7.06. The van der Waals surface area contributed by atoms with E-state index in [1.54, 1.807) is 29.5 Å². The van der Waals surface area contributed by atoms with E-state index in [1.165, 1.54) is 11.0 Å². The van der Waals surface area contributed by atoms with E-state index in [-0.39, 0.29) is 24.5 Å². The first-order valence-corrected chi connectivity index (χ1v) is 8.58. The van der Waals surface area contributed by atoms with Crippen LogP contribution in [0.2, 0.25) is 0 Å². The molecular weight excluding hydrogens is 338 g/mol. The van der Waals surface area contributed by atoms with Crippen molar-refractivity contribution in [3.63, 3.8) is 0 Å². The molecule has 0 unspecified atom stereocenters. The monoisotopic (exact) mass is 355 g/mol. The number of ketones is 1. The molecular formula is C17H17N5O2S. The molecule has 0 bridgehead atoms. The van der Waals surface area contributed by atoms with E-state index in [0.717, 1.165) is 21.0 Å². The van der Waals surface area contributed by atoms with Crippen LogP contribution >= 0.6 is 11.3 Å². The van der Waals surface area contributed by atoms with Crippen LogP contribution in [0.1, 0.15) is 33.0 Å². The van der Waals surface area contributed by atoms with Crippen molar-refractivity contribution in [1.82, 2.24) is 20.2 Å². The maximum Gasteiger partial charge on any atom is 0.224 e. The molecule has 0 atom stereocenters. The molecule has 0 aliphatic rings. The Balaban J connectivity index is 1.59. The minimum Gasteiger partial charge on any atom is -0.326 e. The zero-order valence-electron chi connectivity index (χ0n) is 13.9. The van der Waals surface area contributed by atoms with Crippen LogP contribution in [-0.4, -0.2) is 31.9 Å². The van der Waals surface area contributed by atoms with E-state index in [2.05, 4.69) is 20.8 Å². The zero-order valence-corrected chi connectivity index (χ0v) is 14.7. The maximum absolute atomic E-state index is 12.2. The van der Waals surface area contributed by atoms with E-state index < -0.39 is 0 Å². The highest BCUT2D eigenvalue weighted by atomic mass is 32.1. The summed E-state index contributed by atoms with van der Waals surface area (Å²) in [5.74, 6) is -0.203. The van der Waals surface area contributed by atoms with E-state index in [4.69, 9.17) is 0 Å². The number of nitrogens with zero attached hydrogens (tertiary/aromatic N) is 4. The van der Waals surface area contributed by atoms with Gasteiger partial charge >= 0.3 is 0 Å². The van der Waals surface area contributed by atoms with Crippen molar-refractivity contribution in [2.45, 2.75) is 26.7 Å². The summed E-state index contributed by atoms with van der Waals surface area (Å²) < 4.78 is 1.50. The highest BCUT2D eigenvalue weighted by molar-refractivity contribution is 7.12. The number of aromatic nitrogens is 4. The summed E-state index contributed by atoms with van der Waals surface area (Å²) in [6.45, 7) is 3.90. The summed E-state index contributed by atoms with van der Waals surface area (Å²) in [5, 5.41) is 13.8. The number of aryl methyl sites for hydroxylation is 2. The molecule has 0 saturated heterocycles. The summed E-state index contributed by atoms with van der Waals surface area (Å²) in [6.07, 6.45) is 1.81. The summed E-state index contributed by atoms with van der Waals surface area (Å²) in [7, 11) is 0. The molecule has 2 heterocycles. The number of Topliss-reactive ketones (excluding diaryl/α,β-unsaturated/α-hetero) is 1. The molecule has 1 N–H and O–H groups in total. The van der Waals surface area contributed by atoms with E-state index in [0.29, 0.717) is 5.69 Å². The van der Waals surface area contributed by atoms with Gasteiger partial charge in [-0.1, -0.05) is 6.07 Å². The molecule has 25 heavy (non-hydrogen) atoms. The van der Waals surface area contributed by atoms with Crippen molar-refractivity contribution < 1.29 is 9.59 Å². The molecule has 0 spiro atoms. The Hall–Kier alpha value is -2.87. The minimum atomic E-state index is -0.202. The fourth-order valence-electron chi connectivity index (χ4n) is 2.50. The van der Waals surface area contributed by atoms with Crippen LogP contribution in [0.4, 0.5) is 5.69 Å². The summed E-state index contributed by atoms with van der Waals surface area (Å²) in [4.78, 5) is 26.5. The quantitative estimate of drug-likeness (QED) is 0.687. The predicted molar refractivity (Wildman–Crippen MR) is 95.1 cm³/mol. The molecule has 0 aliphatic heterocycles. The zero-order chi connectivity index (χ0) is 17.8. The number of rotatable bonds is 6.